The molecule has 16 heavy (non-hydrogen) atoms. The lowest BCUT2D eigenvalue weighted by Gasteiger charge is -2.26. The first kappa shape index (κ1) is 12.6. The van der Waals surface area contributed by atoms with Crippen molar-refractivity contribution in [2.45, 2.75) is 0 Å². The second kappa shape index (κ2) is 4.59. The van der Waals surface area contributed by atoms with Crippen LogP contribution in [0.1, 0.15) is 0 Å². The first-order chi connectivity index (χ1) is 7.32. The minimum Gasteiger partial charge on any atom is -0.445 e. The molecule has 0 spiro atoms. The lowest BCUT2D eigenvalue weighted by Crippen LogP contribution is -2.30. The number of halogens is 4. The van der Waals surface area contributed by atoms with E-state index < -0.39 is 24.8 Å². The van der Waals surface area contributed by atoms with Crippen LogP contribution in [0.2, 0.25) is 0 Å². The normalized spacial score (nSPS) is 11.3. The summed E-state index contributed by atoms with van der Waals surface area (Å²) in [6.07, 6.45) is 0. The average Bonchev–Trinajstić information content (AvgIpc) is 2.16. The zero-order valence-electron chi connectivity index (χ0n) is 8.76. The van der Waals surface area contributed by atoms with Crippen LogP contribution in [0.25, 0.3) is 0 Å². The van der Waals surface area contributed by atoms with Crippen LogP contribution in [0.5, 0.6) is 0 Å². The number of rotatable bonds is 4. The number of hydrogen-bond acceptors (Lipinski definition) is 1. The Morgan fingerprint density at radius 1 is 1.31 bits per heavy atom. The maximum atomic E-state index is 13.2. The highest BCUT2D eigenvalue weighted by Gasteiger charge is 2.27. The summed E-state index contributed by atoms with van der Waals surface area (Å²) in [5.74, 6) is -0.549. The molecule has 0 amide bonds. The zero-order valence-corrected chi connectivity index (χ0v) is 8.76. The van der Waals surface area contributed by atoms with Gasteiger partial charge in [-0.15, -0.1) is 12.1 Å². The molecule has 1 rings (SSSR count). The Kier molecular flexibility index (Phi) is 3.62. The van der Waals surface area contributed by atoms with Gasteiger partial charge in [0.25, 0.3) is 0 Å². The monoisotopic (exact) mass is 232 g/mol. The van der Waals surface area contributed by atoms with Crippen molar-refractivity contribution in [3.63, 3.8) is 0 Å². The molecular formula is C10H11BF4N-. The first-order valence-corrected chi connectivity index (χ1v) is 4.65. The van der Waals surface area contributed by atoms with Crippen molar-refractivity contribution in [2.24, 2.45) is 0 Å². The van der Waals surface area contributed by atoms with Crippen LogP contribution in [-0.2, 0) is 0 Å². The van der Waals surface area contributed by atoms with E-state index in [-0.39, 0.29) is 5.69 Å². The molecule has 0 unspecified atom stereocenters. The Morgan fingerprint density at radius 3 is 2.38 bits per heavy atom. The van der Waals surface area contributed by atoms with Crippen LogP contribution >= 0.6 is 0 Å². The third-order valence-corrected chi connectivity index (χ3v) is 2.17. The van der Waals surface area contributed by atoms with E-state index in [0.29, 0.717) is 0 Å². The molecule has 0 radical (unpaired) electrons. The molecule has 6 heteroatoms. The Balaban J connectivity index is 2.78. The topological polar surface area (TPSA) is 3.24 Å². The Morgan fingerprint density at radius 2 is 1.88 bits per heavy atom. The van der Waals surface area contributed by atoms with Crippen molar-refractivity contribution in [2.75, 3.05) is 18.5 Å². The maximum Gasteiger partial charge on any atom is 0.506 e. The minimum atomic E-state index is -5.07. The summed E-state index contributed by atoms with van der Waals surface area (Å²) in [7, 11) is 1.39. The molecule has 1 aromatic carbocycles. The van der Waals surface area contributed by atoms with E-state index in [0.717, 1.165) is 0 Å². The van der Waals surface area contributed by atoms with E-state index in [2.05, 4.69) is 6.58 Å². The summed E-state index contributed by atoms with van der Waals surface area (Å²) >= 11 is 0. The Bertz CT molecular complexity index is 389. The number of hydrogen-bond donors (Lipinski definition) is 0. The van der Waals surface area contributed by atoms with Gasteiger partial charge in [-0.05, 0) is 12.1 Å². The lowest BCUT2D eigenvalue weighted by atomic mass is 9.80. The maximum absolute atomic E-state index is 13.2. The molecule has 0 saturated heterocycles. The third-order valence-electron chi connectivity index (χ3n) is 2.17. The molecule has 0 aliphatic heterocycles. The summed E-state index contributed by atoms with van der Waals surface area (Å²) in [5, 5.41) is 0. The second-order valence-electron chi connectivity index (χ2n) is 3.54. The van der Waals surface area contributed by atoms with E-state index in [9.17, 15) is 17.3 Å². The molecule has 0 N–H and O–H groups in total. The molecule has 0 heterocycles. The van der Waals surface area contributed by atoms with E-state index in [1.807, 2.05) is 0 Å². The third kappa shape index (κ3) is 3.02. The number of para-hydroxylation sites is 1. The zero-order chi connectivity index (χ0) is 12.3. The lowest BCUT2D eigenvalue weighted by molar-refractivity contribution is 0.488. The fraction of sp³-hybridized carbons (Fsp3) is 0.200. The van der Waals surface area contributed by atoms with Gasteiger partial charge in [-0.2, -0.15) is 0 Å². The fourth-order valence-electron chi connectivity index (χ4n) is 1.25. The summed E-state index contributed by atoms with van der Waals surface area (Å²) in [6, 6.07) is 5.67. The van der Waals surface area contributed by atoms with Crippen LogP contribution in [0.4, 0.5) is 23.0 Å². The van der Waals surface area contributed by atoms with Crippen LogP contribution in [0, 0.1) is 5.82 Å². The van der Waals surface area contributed by atoms with E-state index in [1.165, 1.54) is 30.1 Å². The van der Waals surface area contributed by atoms with Gasteiger partial charge >= 0.3 is 6.98 Å². The largest absolute Gasteiger partial charge is 0.506 e. The summed E-state index contributed by atoms with van der Waals surface area (Å²) in [4.78, 5) is 1.19. The van der Waals surface area contributed by atoms with Crippen molar-refractivity contribution < 1.29 is 17.3 Å². The van der Waals surface area contributed by atoms with Gasteiger partial charge < -0.3 is 17.8 Å². The number of nitrogens with zero attached hydrogens (tertiary/aromatic N) is 1. The molecule has 1 aromatic rings. The average molecular weight is 232 g/mol. The van der Waals surface area contributed by atoms with Gasteiger partial charge in [0, 0.05) is 13.6 Å². The highest BCUT2D eigenvalue weighted by atomic mass is 19.4. The first-order valence-electron chi connectivity index (χ1n) is 4.65. The molecule has 0 aromatic heterocycles. The molecule has 0 atom stereocenters. The Hall–Kier alpha value is -1.46. The van der Waals surface area contributed by atoms with E-state index >= 15 is 0 Å². The Labute approximate surface area is 91.4 Å². The van der Waals surface area contributed by atoms with Crippen molar-refractivity contribution in [1.82, 2.24) is 0 Å². The van der Waals surface area contributed by atoms with Crippen LogP contribution in [0.15, 0.2) is 36.3 Å². The van der Waals surface area contributed by atoms with Gasteiger partial charge in [0.05, 0.1) is 5.69 Å². The van der Waals surface area contributed by atoms with E-state index in [1.54, 1.807) is 6.07 Å². The smallest absolute Gasteiger partial charge is 0.445 e. The van der Waals surface area contributed by atoms with Crippen molar-refractivity contribution >= 4 is 12.7 Å². The molecule has 0 fully saturated rings. The standard InChI is InChI=1S/C10H11BF4N/c1-8(11(13,14)15)7-16(2)10-6-4-3-5-9(10)12/h3-6H,1,7H2,2H3/q-1. The van der Waals surface area contributed by atoms with Crippen molar-refractivity contribution in [1.29, 1.82) is 0 Å². The highest BCUT2D eigenvalue weighted by Crippen LogP contribution is 2.22. The summed E-state index contributed by atoms with van der Waals surface area (Å²) in [5.41, 5.74) is -0.713. The fourth-order valence-corrected chi connectivity index (χ4v) is 1.25. The van der Waals surface area contributed by atoms with Crippen LogP contribution < -0.4 is 4.90 Å². The highest BCUT2D eigenvalue weighted by molar-refractivity contribution is 6.66. The summed E-state index contributed by atoms with van der Waals surface area (Å²) < 4.78 is 50.0. The molecule has 88 valence electrons. The van der Waals surface area contributed by atoms with E-state index in [4.69, 9.17) is 0 Å². The van der Waals surface area contributed by atoms with Gasteiger partial charge in [0.1, 0.15) is 5.82 Å². The number of anilines is 1. The van der Waals surface area contributed by atoms with Gasteiger partial charge in [-0.1, -0.05) is 12.1 Å². The van der Waals surface area contributed by atoms with Crippen molar-refractivity contribution in [3.05, 3.63) is 42.1 Å². The van der Waals surface area contributed by atoms with Crippen molar-refractivity contribution in [3.8, 4) is 0 Å². The van der Waals surface area contributed by atoms with Crippen LogP contribution in [0.3, 0.4) is 0 Å². The van der Waals surface area contributed by atoms with Gasteiger partial charge in [-0.3, -0.25) is 0 Å². The minimum absolute atomic E-state index is 0.128. The molecule has 0 saturated carbocycles. The molecule has 1 nitrogen and oxygen atoms in total. The molecular weight excluding hydrogens is 221 g/mol. The van der Waals surface area contributed by atoms with Crippen LogP contribution in [-0.4, -0.2) is 20.6 Å². The molecule has 0 aliphatic rings. The predicted octanol–water partition coefficient (Wildman–Crippen LogP) is 3.20. The quantitative estimate of drug-likeness (QED) is 0.569. The van der Waals surface area contributed by atoms with Gasteiger partial charge in [-0.25, -0.2) is 4.39 Å². The van der Waals surface area contributed by atoms with Gasteiger partial charge in [0.2, 0.25) is 0 Å². The summed E-state index contributed by atoms with van der Waals surface area (Å²) in [6.45, 7) is -2.54. The SMILES string of the molecule is C=C(CN(C)c1ccccc1F)[B-](F)(F)F. The number of likely N-dealkylation sites (N-methyl/N-ethyl adjacent to an activating group) is 1. The number of benzene rings is 1. The predicted molar refractivity (Wildman–Crippen MR) is 57.9 cm³/mol. The van der Waals surface area contributed by atoms with Gasteiger partial charge in [0.15, 0.2) is 0 Å². The second-order valence-corrected chi connectivity index (χ2v) is 3.54. The molecule has 0 bridgehead atoms. The molecule has 0 aliphatic carbocycles.